The summed E-state index contributed by atoms with van der Waals surface area (Å²) in [4.78, 5) is 16.5. The first-order chi connectivity index (χ1) is 13.5. The van der Waals surface area contributed by atoms with Crippen LogP contribution >= 0.6 is 0 Å². The second kappa shape index (κ2) is 8.77. The van der Waals surface area contributed by atoms with Crippen molar-refractivity contribution in [2.45, 2.75) is 18.4 Å². The van der Waals surface area contributed by atoms with Crippen LogP contribution in [0.2, 0.25) is 0 Å². The van der Waals surface area contributed by atoms with Gasteiger partial charge in [0.15, 0.2) is 0 Å². The summed E-state index contributed by atoms with van der Waals surface area (Å²) in [6.07, 6.45) is 3.20. The Morgan fingerprint density at radius 2 is 1.71 bits per heavy atom. The van der Waals surface area contributed by atoms with Gasteiger partial charge in [-0.05, 0) is 42.0 Å². The monoisotopic (exact) mass is 395 g/mol. The Hall–Kier alpha value is -3.03. The molecule has 0 aliphatic carbocycles. The molecule has 2 aromatic carbocycles. The highest BCUT2D eigenvalue weighted by atomic mass is 32.2. The molecule has 0 aliphatic heterocycles. The molecular weight excluding hydrogens is 374 g/mol. The molecule has 0 aliphatic rings. The van der Waals surface area contributed by atoms with Crippen molar-refractivity contribution in [3.63, 3.8) is 0 Å². The maximum absolute atomic E-state index is 12.8. The van der Waals surface area contributed by atoms with Crippen LogP contribution in [0, 0.1) is 0 Å². The maximum atomic E-state index is 12.8. The number of nitrogens with one attached hydrogen (secondary N) is 1. The van der Waals surface area contributed by atoms with E-state index in [9.17, 15) is 13.2 Å². The average molecular weight is 395 g/mol. The molecule has 1 heterocycles. The van der Waals surface area contributed by atoms with Crippen LogP contribution in [-0.4, -0.2) is 30.2 Å². The number of sulfonamides is 1. The molecule has 1 aromatic heterocycles. The molecule has 0 fully saturated rings. The van der Waals surface area contributed by atoms with Crippen molar-refractivity contribution in [3.8, 4) is 0 Å². The molecule has 144 valence electrons. The van der Waals surface area contributed by atoms with Crippen LogP contribution in [-0.2, 0) is 16.6 Å². The van der Waals surface area contributed by atoms with E-state index in [1.807, 2.05) is 0 Å². The van der Waals surface area contributed by atoms with E-state index >= 15 is 0 Å². The standard InChI is InChI=1S/C21H21N3O3S/c1-2-24(28(26,27)20-8-4-3-5-9-20)16-17-10-12-18(13-11-17)21(25)23-19-7-6-14-22-15-19/h3-15H,2,16H2,1H3,(H,23,25). The Morgan fingerprint density at radius 3 is 2.32 bits per heavy atom. The predicted octanol–water partition coefficient (Wildman–Crippen LogP) is 3.54. The van der Waals surface area contributed by atoms with Gasteiger partial charge in [0.2, 0.25) is 10.0 Å². The van der Waals surface area contributed by atoms with Crippen LogP contribution in [0.3, 0.4) is 0 Å². The van der Waals surface area contributed by atoms with Crippen molar-refractivity contribution >= 4 is 21.6 Å². The fraction of sp³-hybridized carbons (Fsp3) is 0.143. The van der Waals surface area contributed by atoms with E-state index in [1.165, 1.54) is 4.31 Å². The van der Waals surface area contributed by atoms with Crippen molar-refractivity contribution in [2.75, 3.05) is 11.9 Å². The Bertz CT molecular complexity index is 1020. The number of nitrogens with zero attached hydrogens (tertiary/aromatic N) is 2. The average Bonchev–Trinajstić information content (AvgIpc) is 2.73. The van der Waals surface area contributed by atoms with E-state index in [2.05, 4.69) is 10.3 Å². The summed E-state index contributed by atoms with van der Waals surface area (Å²) in [5.74, 6) is -0.246. The highest BCUT2D eigenvalue weighted by molar-refractivity contribution is 7.89. The second-order valence-corrected chi connectivity index (χ2v) is 8.07. The lowest BCUT2D eigenvalue weighted by molar-refractivity contribution is 0.102. The number of amides is 1. The minimum absolute atomic E-state index is 0.234. The van der Waals surface area contributed by atoms with Gasteiger partial charge in [-0.2, -0.15) is 4.31 Å². The number of carbonyl (C=O) groups excluding carboxylic acids is 1. The summed E-state index contributed by atoms with van der Waals surface area (Å²) in [6.45, 7) is 2.38. The maximum Gasteiger partial charge on any atom is 0.255 e. The van der Waals surface area contributed by atoms with Crippen LogP contribution < -0.4 is 5.32 Å². The molecule has 0 radical (unpaired) electrons. The van der Waals surface area contributed by atoms with Crippen LogP contribution in [0.1, 0.15) is 22.8 Å². The lowest BCUT2D eigenvalue weighted by Crippen LogP contribution is -2.30. The molecule has 0 atom stereocenters. The van der Waals surface area contributed by atoms with Crippen LogP contribution in [0.4, 0.5) is 5.69 Å². The number of benzene rings is 2. The fourth-order valence-corrected chi connectivity index (χ4v) is 4.17. The molecule has 0 bridgehead atoms. The minimum Gasteiger partial charge on any atom is -0.321 e. The predicted molar refractivity (Wildman–Crippen MR) is 108 cm³/mol. The van der Waals surface area contributed by atoms with Crippen molar-refractivity contribution in [1.82, 2.24) is 9.29 Å². The van der Waals surface area contributed by atoms with Crippen LogP contribution in [0.25, 0.3) is 0 Å². The number of rotatable bonds is 7. The summed E-state index contributed by atoms with van der Waals surface area (Å²) in [5.41, 5.74) is 1.91. The smallest absolute Gasteiger partial charge is 0.255 e. The van der Waals surface area contributed by atoms with Gasteiger partial charge in [0, 0.05) is 24.8 Å². The Kier molecular flexibility index (Phi) is 6.18. The minimum atomic E-state index is -3.57. The molecule has 0 unspecified atom stereocenters. The summed E-state index contributed by atoms with van der Waals surface area (Å²) < 4.78 is 27.0. The largest absolute Gasteiger partial charge is 0.321 e. The number of aromatic nitrogens is 1. The summed E-state index contributed by atoms with van der Waals surface area (Å²) >= 11 is 0. The first-order valence-corrected chi connectivity index (χ1v) is 10.3. The molecule has 6 nitrogen and oxygen atoms in total. The first-order valence-electron chi connectivity index (χ1n) is 8.86. The number of pyridine rings is 1. The van der Waals surface area contributed by atoms with Crippen molar-refractivity contribution in [3.05, 3.63) is 90.3 Å². The quantitative estimate of drug-likeness (QED) is 0.664. The molecule has 0 saturated heterocycles. The second-order valence-electron chi connectivity index (χ2n) is 6.14. The van der Waals surface area contributed by atoms with Gasteiger partial charge in [-0.25, -0.2) is 8.42 Å². The fourth-order valence-electron chi connectivity index (χ4n) is 2.71. The Balaban J connectivity index is 1.71. The third-order valence-electron chi connectivity index (χ3n) is 4.23. The van der Waals surface area contributed by atoms with E-state index in [1.54, 1.807) is 86.0 Å². The molecule has 1 N–H and O–H groups in total. The van der Waals surface area contributed by atoms with E-state index in [0.29, 0.717) is 17.8 Å². The molecule has 3 rings (SSSR count). The van der Waals surface area contributed by atoms with E-state index < -0.39 is 10.0 Å². The Morgan fingerprint density at radius 1 is 1.00 bits per heavy atom. The molecule has 28 heavy (non-hydrogen) atoms. The zero-order chi connectivity index (χ0) is 20.0. The zero-order valence-corrected chi connectivity index (χ0v) is 16.3. The SMILES string of the molecule is CCN(Cc1ccc(C(=O)Nc2cccnc2)cc1)S(=O)(=O)c1ccccc1. The Labute approximate surface area is 164 Å². The molecule has 0 spiro atoms. The molecule has 0 saturated carbocycles. The van der Waals surface area contributed by atoms with Crippen LogP contribution in [0.5, 0.6) is 0 Å². The van der Waals surface area contributed by atoms with Gasteiger partial charge in [-0.3, -0.25) is 9.78 Å². The van der Waals surface area contributed by atoms with E-state index in [4.69, 9.17) is 0 Å². The van der Waals surface area contributed by atoms with Gasteiger partial charge in [0.25, 0.3) is 5.91 Å². The lowest BCUT2D eigenvalue weighted by atomic mass is 10.1. The third kappa shape index (κ3) is 4.62. The number of anilines is 1. The van der Waals surface area contributed by atoms with Gasteiger partial charge < -0.3 is 5.32 Å². The summed E-state index contributed by atoms with van der Waals surface area (Å²) in [6, 6.07) is 18.8. The number of carbonyl (C=O) groups is 1. The topological polar surface area (TPSA) is 79.4 Å². The first kappa shape index (κ1) is 19.7. The van der Waals surface area contributed by atoms with Crippen LogP contribution in [0.15, 0.2) is 84.0 Å². The number of hydrogen-bond acceptors (Lipinski definition) is 4. The van der Waals surface area contributed by atoms with Crippen molar-refractivity contribution in [1.29, 1.82) is 0 Å². The van der Waals surface area contributed by atoms with Gasteiger partial charge in [0.1, 0.15) is 0 Å². The summed E-state index contributed by atoms with van der Waals surface area (Å²) in [5, 5.41) is 2.77. The molecular formula is C21H21N3O3S. The van der Waals surface area contributed by atoms with Crippen molar-refractivity contribution < 1.29 is 13.2 Å². The highest BCUT2D eigenvalue weighted by Crippen LogP contribution is 2.18. The highest BCUT2D eigenvalue weighted by Gasteiger charge is 2.22. The molecule has 3 aromatic rings. The molecule has 1 amide bonds. The third-order valence-corrected chi connectivity index (χ3v) is 6.16. The molecule has 7 heteroatoms. The van der Waals surface area contributed by atoms with E-state index in [-0.39, 0.29) is 17.3 Å². The van der Waals surface area contributed by atoms with Gasteiger partial charge >= 0.3 is 0 Å². The lowest BCUT2D eigenvalue weighted by Gasteiger charge is -2.20. The van der Waals surface area contributed by atoms with Crippen molar-refractivity contribution in [2.24, 2.45) is 0 Å². The summed E-state index contributed by atoms with van der Waals surface area (Å²) in [7, 11) is -3.57. The van der Waals surface area contributed by atoms with Gasteiger partial charge in [0.05, 0.1) is 16.8 Å². The van der Waals surface area contributed by atoms with Gasteiger partial charge in [-0.15, -0.1) is 0 Å². The van der Waals surface area contributed by atoms with Gasteiger partial charge in [-0.1, -0.05) is 37.3 Å². The number of hydrogen-bond donors (Lipinski definition) is 1. The van der Waals surface area contributed by atoms with E-state index in [0.717, 1.165) is 5.56 Å². The zero-order valence-electron chi connectivity index (χ0n) is 15.4. The normalized spacial score (nSPS) is 11.4.